The average molecular weight is 429 g/mol. The van der Waals surface area contributed by atoms with Crippen molar-refractivity contribution >= 4 is 15.7 Å². The van der Waals surface area contributed by atoms with E-state index in [4.69, 9.17) is 0 Å². The summed E-state index contributed by atoms with van der Waals surface area (Å²) in [4.78, 5) is 11.5. The third-order valence-electron chi connectivity index (χ3n) is 3.76. The van der Waals surface area contributed by atoms with Crippen LogP contribution in [0.4, 0.5) is 17.6 Å². The first kappa shape index (κ1) is 20.4. The zero-order chi connectivity index (χ0) is 21.2. The minimum Gasteiger partial charge on any atom is -0.345 e. The maximum atomic E-state index is 13.4. The first-order chi connectivity index (χ1) is 13.7. The molecule has 0 unspecified atom stereocenters. The number of carbonyl (C=O) groups excluding carboxylic acids is 1. The second-order valence-electron chi connectivity index (χ2n) is 5.59. The van der Waals surface area contributed by atoms with E-state index in [0.717, 1.165) is 28.9 Å². The molecule has 0 saturated heterocycles. The molecule has 152 valence electrons. The van der Waals surface area contributed by atoms with Gasteiger partial charge in [0.15, 0.2) is 17.5 Å². The standard InChI is InChI=1S/C16H11F4N5O3S/c17-11-6-5-9(7-12(11)18)25-14(22-23-24-25)8-21-15(26)10-3-1-2-4-13(10)29(27,28)16(19)20/h1-7,16H,8H2,(H,21,26). The maximum absolute atomic E-state index is 13.4. The minimum atomic E-state index is -5.00. The fraction of sp³-hybridized carbons (Fsp3) is 0.125. The van der Waals surface area contributed by atoms with Crippen LogP contribution in [0.2, 0.25) is 0 Å². The smallest absolute Gasteiger partial charge is 0.341 e. The lowest BCUT2D eigenvalue weighted by Gasteiger charge is -2.10. The molecule has 3 rings (SSSR count). The van der Waals surface area contributed by atoms with E-state index in [1.165, 1.54) is 18.2 Å². The summed E-state index contributed by atoms with van der Waals surface area (Å²) in [6.45, 7) is -0.353. The van der Waals surface area contributed by atoms with Crippen LogP contribution < -0.4 is 5.32 Å². The Balaban J connectivity index is 1.84. The molecule has 13 heteroatoms. The molecule has 8 nitrogen and oxygen atoms in total. The summed E-state index contributed by atoms with van der Waals surface area (Å²) < 4.78 is 76.7. The van der Waals surface area contributed by atoms with Gasteiger partial charge in [-0.05, 0) is 34.7 Å². The van der Waals surface area contributed by atoms with Gasteiger partial charge in [-0.1, -0.05) is 12.1 Å². The largest absolute Gasteiger partial charge is 0.345 e. The summed E-state index contributed by atoms with van der Waals surface area (Å²) in [5, 5.41) is 12.9. The molecule has 0 atom stereocenters. The molecule has 29 heavy (non-hydrogen) atoms. The van der Waals surface area contributed by atoms with E-state index >= 15 is 0 Å². The molecule has 0 fully saturated rings. The zero-order valence-corrected chi connectivity index (χ0v) is 15.1. The lowest BCUT2D eigenvalue weighted by Crippen LogP contribution is -2.27. The molecular formula is C16H11F4N5O3S. The van der Waals surface area contributed by atoms with Crippen LogP contribution in [-0.4, -0.2) is 40.3 Å². The highest BCUT2D eigenvalue weighted by atomic mass is 32.2. The van der Waals surface area contributed by atoms with Crippen molar-refractivity contribution in [2.45, 2.75) is 17.2 Å². The van der Waals surface area contributed by atoms with Gasteiger partial charge in [-0.2, -0.15) is 13.5 Å². The fourth-order valence-electron chi connectivity index (χ4n) is 2.39. The highest BCUT2D eigenvalue weighted by molar-refractivity contribution is 7.91. The quantitative estimate of drug-likeness (QED) is 0.600. The van der Waals surface area contributed by atoms with Crippen molar-refractivity contribution in [3.63, 3.8) is 0 Å². The Morgan fingerprint density at radius 3 is 2.52 bits per heavy atom. The van der Waals surface area contributed by atoms with Gasteiger partial charge in [-0.15, -0.1) is 5.10 Å². The van der Waals surface area contributed by atoms with E-state index in [9.17, 15) is 30.8 Å². The van der Waals surface area contributed by atoms with E-state index in [-0.39, 0.29) is 18.1 Å². The van der Waals surface area contributed by atoms with Gasteiger partial charge in [0.2, 0.25) is 9.84 Å². The number of nitrogens with one attached hydrogen (secondary N) is 1. The molecule has 0 aliphatic heterocycles. The van der Waals surface area contributed by atoms with Crippen molar-refractivity contribution in [2.24, 2.45) is 0 Å². The molecule has 1 N–H and O–H groups in total. The molecule has 1 heterocycles. The van der Waals surface area contributed by atoms with Gasteiger partial charge in [0.05, 0.1) is 22.7 Å². The molecule has 3 aromatic rings. The van der Waals surface area contributed by atoms with Crippen LogP contribution in [-0.2, 0) is 16.4 Å². The Kier molecular flexibility index (Phi) is 5.59. The predicted octanol–water partition coefficient (Wildman–Crippen LogP) is 1.87. The van der Waals surface area contributed by atoms with E-state index in [1.807, 2.05) is 0 Å². The maximum Gasteiger partial charge on any atom is 0.341 e. The summed E-state index contributed by atoms with van der Waals surface area (Å²) in [5.41, 5.74) is -0.418. The molecular weight excluding hydrogens is 418 g/mol. The Bertz CT molecular complexity index is 1170. The third kappa shape index (κ3) is 4.08. The van der Waals surface area contributed by atoms with Crippen LogP contribution in [0.3, 0.4) is 0 Å². The highest BCUT2D eigenvalue weighted by Gasteiger charge is 2.30. The van der Waals surface area contributed by atoms with Crippen LogP contribution >= 0.6 is 0 Å². The number of halogens is 4. The number of sulfone groups is 1. The van der Waals surface area contributed by atoms with E-state index in [2.05, 4.69) is 20.8 Å². The molecule has 0 saturated carbocycles. The monoisotopic (exact) mass is 429 g/mol. The van der Waals surface area contributed by atoms with Gasteiger partial charge in [0, 0.05) is 6.07 Å². The first-order valence-electron chi connectivity index (χ1n) is 7.83. The number of amides is 1. The number of benzene rings is 2. The number of aromatic nitrogens is 4. The van der Waals surface area contributed by atoms with Crippen molar-refractivity contribution in [2.75, 3.05) is 0 Å². The van der Waals surface area contributed by atoms with Gasteiger partial charge < -0.3 is 5.32 Å². The summed E-state index contributed by atoms with van der Waals surface area (Å²) in [6, 6.07) is 7.37. The number of nitrogens with zero attached hydrogens (tertiary/aromatic N) is 4. The van der Waals surface area contributed by atoms with E-state index in [0.29, 0.717) is 0 Å². The lowest BCUT2D eigenvalue weighted by atomic mass is 10.2. The number of hydrogen-bond donors (Lipinski definition) is 1. The van der Waals surface area contributed by atoms with E-state index < -0.39 is 43.6 Å². The van der Waals surface area contributed by atoms with Crippen LogP contribution in [0, 0.1) is 11.6 Å². The molecule has 0 aliphatic carbocycles. The Morgan fingerprint density at radius 1 is 1.10 bits per heavy atom. The van der Waals surface area contributed by atoms with Gasteiger partial charge in [0.25, 0.3) is 5.91 Å². The number of carbonyl (C=O) groups is 1. The number of hydrogen-bond acceptors (Lipinski definition) is 6. The topological polar surface area (TPSA) is 107 Å². The van der Waals surface area contributed by atoms with Crippen LogP contribution in [0.15, 0.2) is 47.4 Å². The molecule has 0 spiro atoms. The Hall–Kier alpha value is -3.35. The molecule has 0 bridgehead atoms. The van der Waals surface area contributed by atoms with Gasteiger partial charge >= 0.3 is 5.76 Å². The summed E-state index contributed by atoms with van der Waals surface area (Å²) in [7, 11) is -5.00. The SMILES string of the molecule is O=C(NCc1nnnn1-c1ccc(F)c(F)c1)c1ccccc1S(=O)(=O)C(F)F. The second-order valence-corrected chi connectivity index (χ2v) is 7.48. The fourth-order valence-corrected chi connectivity index (χ4v) is 3.31. The molecule has 2 aromatic carbocycles. The number of alkyl halides is 2. The van der Waals surface area contributed by atoms with Crippen LogP contribution in [0.5, 0.6) is 0 Å². The first-order valence-corrected chi connectivity index (χ1v) is 9.38. The van der Waals surface area contributed by atoms with Gasteiger partial charge in [0.1, 0.15) is 0 Å². The second kappa shape index (κ2) is 7.95. The molecule has 0 aliphatic rings. The van der Waals surface area contributed by atoms with Crippen molar-refractivity contribution in [3.05, 3.63) is 65.5 Å². The van der Waals surface area contributed by atoms with Crippen molar-refractivity contribution < 1.29 is 30.8 Å². The molecule has 0 radical (unpaired) electrons. The predicted molar refractivity (Wildman–Crippen MR) is 89.9 cm³/mol. The van der Waals surface area contributed by atoms with Crippen LogP contribution in [0.25, 0.3) is 5.69 Å². The van der Waals surface area contributed by atoms with Crippen molar-refractivity contribution in [1.29, 1.82) is 0 Å². The highest BCUT2D eigenvalue weighted by Crippen LogP contribution is 2.22. The summed E-state index contributed by atoms with van der Waals surface area (Å²) in [6.07, 6.45) is 0. The van der Waals surface area contributed by atoms with Gasteiger partial charge in [-0.3, -0.25) is 4.79 Å². The number of tetrazole rings is 1. The van der Waals surface area contributed by atoms with E-state index in [1.54, 1.807) is 0 Å². The summed E-state index contributed by atoms with van der Waals surface area (Å²) in [5.74, 6) is -6.88. The number of rotatable bonds is 6. The minimum absolute atomic E-state index is 0.00134. The summed E-state index contributed by atoms with van der Waals surface area (Å²) >= 11 is 0. The zero-order valence-electron chi connectivity index (χ0n) is 14.3. The Labute approximate surface area is 161 Å². The van der Waals surface area contributed by atoms with Crippen molar-refractivity contribution in [3.8, 4) is 5.69 Å². The van der Waals surface area contributed by atoms with Crippen molar-refractivity contribution in [1.82, 2.24) is 25.5 Å². The Morgan fingerprint density at radius 2 is 1.83 bits per heavy atom. The van der Waals surface area contributed by atoms with Gasteiger partial charge in [-0.25, -0.2) is 17.2 Å². The normalized spacial score (nSPS) is 11.6. The molecule has 1 amide bonds. The third-order valence-corrected chi connectivity index (χ3v) is 5.20. The lowest BCUT2D eigenvalue weighted by molar-refractivity contribution is 0.0946. The molecule has 1 aromatic heterocycles. The van der Waals surface area contributed by atoms with Crippen LogP contribution in [0.1, 0.15) is 16.2 Å². The average Bonchev–Trinajstić information content (AvgIpc) is 3.16.